The number of aliphatic hydroxyl groups is 1. The first-order valence-corrected chi connectivity index (χ1v) is 4.68. The third kappa shape index (κ3) is 1.86. The highest BCUT2D eigenvalue weighted by Gasteiger charge is 2.06. The molecule has 1 aromatic heterocycles. The summed E-state index contributed by atoms with van der Waals surface area (Å²) in [5.74, 6) is 0.0174. The first-order chi connectivity index (χ1) is 7.22. The maximum Gasteiger partial charge on any atom is 0.141 e. The standard InChI is InChI=1S/C10H8ClFN2O/c11-8-5-7(1-2-9(8)12)14-4-3-13-10(14)6-15/h1-5,15H,6H2. The average Bonchev–Trinajstić information content (AvgIpc) is 2.70. The molecule has 0 aliphatic carbocycles. The molecule has 15 heavy (non-hydrogen) atoms. The maximum atomic E-state index is 12.9. The summed E-state index contributed by atoms with van der Waals surface area (Å²) in [6.45, 7) is -0.179. The van der Waals surface area contributed by atoms with Crippen LogP contribution in [0.15, 0.2) is 30.6 Å². The monoisotopic (exact) mass is 226 g/mol. The van der Waals surface area contributed by atoms with E-state index in [0.29, 0.717) is 11.5 Å². The van der Waals surface area contributed by atoms with Gasteiger partial charge in [0.05, 0.1) is 5.02 Å². The van der Waals surface area contributed by atoms with E-state index in [2.05, 4.69) is 4.98 Å². The van der Waals surface area contributed by atoms with Crippen LogP contribution in [0.5, 0.6) is 0 Å². The van der Waals surface area contributed by atoms with Gasteiger partial charge in [0.2, 0.25) is 0 Å². The lowest BCUT2D eigenvalue weighted by atomic mass is 10.3. The Morgan fingerprint density at radius 2 is 2.27 bits per heavy atom. The van der Waals surface area contributed by atoms with Crippen molar-refractivity contribution >= 4 is 11.6 Å². The highest BCUT2D eigenvalue weighted by Crippen LogP contribution is 2.19. The zero-order valence-electron chi connectivity index (χ0n) is 7.69. The third-order valence-corrected chi connectivity index (χ3v) is 2.33. The molecule has 0 saturated carbocycles. The van der Waals surface area contributed by atoms with Crippen molar-refractivity contribution in [1.82, 2.24) is 9.55 Å². The lowest BCUT2D eigenvalue weighted by Gasteiger charge is -2.06. The van der Waals surface area contributed by atoms with Crippen molar-refractivity contribution in [3.8, 4) is 5.69 Å². The van der Waals surface area contributed by atoms with Crippen LogP contribution in [-0.2, 0) is 6.61 Å². The Hall–Kier alpha value is -1.39. The minimum atomic E-state index is -0.467. The highest BCUT2D eigenvalue weighted by molar-refractivity contribution is 6.30. The molecular weight excluding hydrogens is 219 g/mol. The SMILES string of the molecule is OCc1nccn1-c1ccc(F)c(Cl)c1. The normalized spacial score (nSPS) is 10.6. The van der Waals surface area contributed by atoms with Crippen LogP contribution in [0, 0.1) is 5.82 Å². The molecule has 0 aliphatic heterocycles. The zero-order chi connectivity index (χ0) is 10.8. The summed E-state index contributed by atoms with van der Waals surface area (Å²) in [7, 11) is 0. The first-order valence-electron chi connectivity index (χ1n) is 4.31. The molecule has 0 unspecified atom stereocenters. The van der Waals surface area contributed by atoms with Gasteiger partial charge in [0.1, 0.15) is 18.2 Å². The molecule has 0 atom stereocenters. The Balaban J connectivity index is 2.50. The van der Waals surface area contributed by atoms with E-state index in [4.69, 9.17) is 16.7 Å². The van der Waals surface area contributed by atoms with E-state index in [1.807, 2.05) is 0 Å². The van der Waals surface area contributed by atoms with Gasteiger partial charge in [0, 0.05) is 18.1 Å². The summed E-state index contributed by atoms with van der Waals surface area (Å²) in [6.07, 6.45) is 3.23. The van der Waals surface area contributed by atoms with Gasteiger partial charge in [-0.05, 0) is 18.2 Å². The second-order valence-electron chi connectivity index (χ2n) is 2.97. The lowest BCUT2D eigenvalue weighted by Crippen LogP contribution is -2.00. The number of aliphatic hydroxyl groups excluding tert-OH is 1. The lowest BCUT2D eigenvalue weighted by molar-refractivity contribution is 0.269. The molecule has 0 fully saturated rings. The fraction of sp³-hybridized carbons (Fsp3) is 0.100. The van der Waals surface area contributed by atoms with Crippen LogP contribution < -0.4 is 0 Å². The van der Waals surface area contributed by atoms with Crippen molar-refractivity contribution in [2.24, 2.45) is 0 Å². The van der Waals surface area contributed by atoms with Crippen molar-refractivity contribution in [1.29, 1.82) is 0 Å². The average molecular weight is 227 g/mol. The van der Waals surface area contributed by atoms with Crippen LogP contribution in [0.1, 0.15) is 5.82 Å². The summed E-state index contributed by atoms with van der Waals surface area (Å²) >= 11 is 5.66. The summed E-state index contributed by atoms with van der Waals surface area (Å²) in [4.78, 5) is 3.94. The summed E-state index contributed by atoms with van der Waals surface area (Å²) in [6, 6.07) is 4.33. The number of hydrogen-bond donors (Lipinski definition) is 1. The number of rotatable bonds is 2. The maximum absolute atomic E-state index is 12.9. The van der Waals surface area contributed by atoms with Crippen molar-refractivity contribution in [3.63, 3.8) is 0 Å². The van der Waals surface area contributed by atoms with Gasteiger partial charge >= 0.3 is 0 Å². The largest absolute Gasteiger partial charge is 0.388 e. The molecule has 0 saturated heterocycles. The first kappa shape index (κ1) is 10.1. The molecule has 0 amide bonds. The van der Waals surface area contributed by atoms with E-state index in [9.17, 15) is 4.39 Å². The fourth-order valence-electron chi connectivity index (χ4n) is 1.32. The fourth-order valence-corrected chi connectivity index (χ4v) is 1.50. The van der Waals surface area contributed by atoms with Crippen molar-refractivity contribution in [2.45, 2.75) is 6.61 Å². The number of imidazole rings is 1. The van der Waals surface area contributed by atoms with Crippen LogP contribution >= 0.6 is 11.6 Å². The van der Waals surface area contributed by atoms with Gasteiger partial charge in [-0.2, -0.15) is 0 Å². The van der Waals surface area contributed by atoms with Crippen LogP contribution in [0.2, 0.25) is 5.02 Å². The van der Waals surface area contributed by atoms with Gasteiger partial charge < -0.3 is 9.67 Å². The molecule has 0 bridgehead atoms. The van der Waals surface area contributed by atoms with Gasteiger partial charge in [0.25, 0.3) is 0 Å². The predicted molar refractivity (Wildman–Crippen MR) is 54.5 cm³/mol. The van der Waals surface area contributed by atoms with E-state index < -0.39 is 5.82 Å². The van der Waals surface area contributed by atoms with Crippen molar-refractivity contribution < 1.29 is 9.50 Å². The molecule has 0 aliphatic rings. The zero-order valence-corrected chi connectivity index (χ0v) is 8.45. The van der Waals surface area contributed by atoms with E-state index in [0.717, 1.165) is 0 Å². The minimum Gasteiger partial charge on any atom is -0.388 e. The van der Waals surface area contributed by atoms with Crippen LogP contribution in [0.25, 0.3) is 5.69 Å². The molecule has 1 N–H and O–H groups in total. The van der Waals surface area contributed by atoms with Crippen molar-refractivity contribution in [3.05, 3.63) is 47.3 Å². The third-order valence-electron chi connectivity index (χ3n) is 2.04. The van der Waals surface area contributed by atoms with E-state index in [1.54, 1.807) is 23.0 Å². The topological polar surface area (TPSA) is 38.1 Å². The molecule has 2 aromatic rings. The van der Waals surface area contributed by atoms with Crippen LogP contribution in [0.3, 0.4) is 0 Å². The van der Waals surface area contributed by atoms with Crippen molar-refractivity contribution in [2.75, 3.05) is 0 Å². The van der Waals surface area contributed by atoms with Gasteiger partial charge in [0.15, 0.2) is 0 Å². The van der Waals surface area contributed by atoms with Gasteiger partial charge in [-0.3, -0.25) is 0 Å². The van der Waals surface area contributed by atoms with Crippen LogP contribution in [-0.4, -0.2) is 14.7 Å². The highest BCUT2D eigenvalue weighted by atomic mass is 35.5. The molecule has 0 radical (unpaired) electrons. The second-order valence-corrected chi connectivity index (χ2v) is 3.38. The van der Waals surface area contributed by atoms with Gasteiger partial charge in [-0.1, -0.05) is 11.6 Å². The van der Waals surface area contributed by atoms with E-state index in [-0.39, 0.29) is 11.6 Å². The predicted octanol–water partition coefficient (Wildman–Crippen LogP) is 2.16. The smallest absolute Gasteiger partial charge is 0.141 e. The molecule has 78 valence electrons. The Bertz CT molecular complexity index is 484. The van der Waals surface area contributed by atoms with E-state index in [1.165, 1.54) is 12.1 Å². The number of hydrogen-bond acceptors (Lipinski definition) is 2. The number of halogens is 2. The number of nitrogens with zero attached hydrogens (tertiary/aromatic N) is 2. The molecule has 3 nitrogen and oxygen atoms in total. The van der Waals surface area contributed by atoms with E-state index >= 15 is 0 Å². The molecule has 1 aromatic carbocycles. The van der Waals surface area contributed by atoms with Gasteiger partial charge in [-0.25, -0.2) is 9.37 Å². The van der Waals surface area contributed by atoms with Gasteiger partial charge in [-0.15, -0.1) is 0 Å². The Labute approximate surface area is 90.8 Å². The Kier molecular flexibility index (Phi) is 2.70. The quantitative estimate of drug-likeness (QED) is 0.852. The number of benzene rings is 1. The summed E-state index contributed by atoms with van der Waals surface area (Å²) in [5, 5.41) is 9.05. The Morgan fingerprint density at radius 3 is 2.93 bits per heavy atom. The molecule has 5 heteroatoms. The Morgan fingerprint density at radius 1 is 1.47 bits per heavy atom. The summed E-state index contributed by atoms with van der Waals surface area (Å²) < 4.78 is 14.6. The molecule has 2 rings (SSSR count). The minimum absolute atomic E-state index is 0.0464. The molecule has 1 heterocycles. The second kappa shape index (κ2) is 4.00. The van der Waals surface area contributed by atoms with Crippen LogP contribution in [0.4, 0.5) is 4.39 Å². The molecule has 0 spiro atoms. The summed E-state index contributed by atoms with van der Waals surface area (Å²) in [5.41, 5.74) is 0.669. The number of aromatic nitrogens is 2. The molecular formula is C10H8ClFN2O.